The maximum absolute atomic E-state index is 4.45. The third kappa shape index (κ3) is 1.88. The summed E-state index contributed by atoms with van der Waals surface area (Å²) in [5.41, 5.74) is 3.51. The highest BCUT2D eigenvalue weighted by atomic mass is 79.9. The first kappa shape index (κ1) is 9.87. The van der Waals surface area contributed by atoms with Gasteiger partial charge in [-0.15, -0.1) is 11.3 Å². The van der Waals surface area contributed by atoms with Crippen LogP contribution in [-0.2, 0) is 0 Å². The zero-order chi connectivity index (χ0) is 10.1. The average molecular weight is 268 g/mol. The molecule has 0 radical (unpaired) electrons. The molecule has 14 heavy (non-hydrogen) atoms. The highest BCUT2D eigenvalue weighted by Crippen LogP contribution is 2.25. The summed E-state index contributed by atoms with van der Waals surface area (Å²) in [5.74, 6) is 0. The van der Waals surface area contributed by atoms with E-state index in [0.29, 0.717) is 0 Å². The van der Waals surface area contributed by atoms with Crippen LogP contribution in [0.2, 0.25) is 0 Å². The van der Waals surface area contributed by atoms with Crippen LogP contribution in [0.3, 0.4) is 0 Å². The van der Waals surface area contributed by atoms with E-state index >= 15 is 0 Å². The molecule has 1 heterocycles. The Labute approximate surface area is 95.9 Å². The molecule has 2 aromatic rings. The lowest BCUT2D eigenvalue weighted by Crippen LogP contribution is -1.81. The molecule has 1 aromatic carbocycles. The Balaban J connectivity index is 2.47. The summed E-state index contributed by atoms with van der Waals surface area (Å²) in [4.78, 5) is 4.45. The average Bonchev–Trinajstić information content (AvgIpc) is 2.57. The maximum Gasteiger partial charge on any atom is 0.0901 e. The first-order chi connectivity index (χ1) is 6.66. The van der Waals surface area contributed by atoms with Crippen molar-refractivity contribution in [3.63, 3.8) is 0 Å². The SMILES string of the molecule is Cc1nc(-c2ccc(Br)c(C)c2)cs1. The van der Waals surface area contributed by atoms with Crippen LogP contribution < -0.4 is 0 Å². The van der Waals surface area contributed by atoms with Gasteiger partial charge in [0.1, 0.15) is 0 Å². The predicted octanol–water partition coefficient (Wildman–Crippen LogP) is 4.19. The Bertz CT molecular complexity index is 462. The Morgan fingerprint density at radius 1 is 1.29 bits per heavy atom. The van der Waals surface area contributed by atoms with Crippen molar-refractivity contribution >= 4 is 27.3 Å². The maximum atomic E-state index is 4.45. The van der Waals surface area contributed by atoms with Gasteiger partial charge in [0.25, 0.3) is 0 Å². The van der Waals surface area contributed by atoms with Gasteiger partial charge in [-0.3, -0.25) is 0 Å². The molecule has 0 saturated carbocycles. The van der Waals surface area contributed by atoms with Crippen molar-refractivity contribution in [2.45, 2.75) is 13.8 Å². The van der Waals surface area contributed by atoms with Crippen LogP contribution in [0.25, 0.3) is 11.3 Å². The Morgan fingerprint density at radius 3 is 2.64 bits per heavy atom. The van der Waals surface area contributed by atoms with E-state index in [4.69, 9.17) is 0 Å². The molecule has 0 amide bonds. The number of rotatable bonds is 1. The van der Waals surface area contributed by atoms with Crippen LogP contribution in [0, 0.1) is 13.8 Å². The molecule has 2 rings (SSSR count). The molecular formula is C11H10BrNS. The summed E-state index contributed by atoms with van der Waals surface area (Å²) in [5, 5.41) is 3.21. The van der Waals surface area contributed by atoms with Crippen LogP contribution in [0.1, 0.15) is 10.6 Å². The first-order valence-electron chi connectivity index (χ1n) is 4.35. The van der Waals surface area contributed by atoms with Crippen LogP contribution in [-0.4, -0.2) is 4.98 Å². The fourth-order valence-corrected chi connectivity index (χ4v) is 2.17. The van der Waals surface area contributed by atoms with Gasteiger partial charge in [0.15, 0.2) is 0 Å². The van der Waals surface area contributed by atoms with E-state index in [1.54, 1.807) is 11.3 Å². The van der Waals surface area contributed by atoms with Gasteiger partial charge in [-0.2, -0.15) is 0 Å². The number of aromatic nitrogens is 1. The molecule has 0 atom stereocenters. The van der Waals surface area contributed by atoms with Crippen molar-refractivity contribution in [1.82, 2.24) is 4.98 Å². The second-order valence-corrected chi connectivity index (χ2v) is 5.13. The van der Waals surface area contributed by atoms with Gasteiger partial charge in [0.2, 0.25) is 0 Å². The van der Waals surface area contributed by atoms with E-state index in [9.17, 15) is 0 Å². The Kier molecular flexibility index (Phi) is 2.70. The van der Waals surface area contributed by atoms with Crippen molar-refractivity contribution < 1.29 is 0 Å². The van der Waals surface area contributed by atoms with Gasteiger partial charge in [-0.05, 0) is 31.5 Å². The molecule has 0 saturated heterocycles. The minimum atomic E-state index is 1.07. The topological polar surface area (TPSA) is 12.9 Å². The molecule has 1 aromatic heterocycles. The predicted molar refractivity (Wildman–Crippen MR) is 64.7 cm³/mol. The number of halogens is 1. The van der Waals surface area contributed by atoms with E-state index in [1.807, 2.05) is 6.92 Å². The number of aryl methyl sites for hydroxylation is 2. The van der Waals surface area contributed by atoms with Crippen molar-refractivity contribution in [2.24, 2.45) is 0 Å². The summed E-state index contributed by atoms with van der Waals surface area (Å²) >= 11 is 5.18. The zero-order valence-corrected chi connectivity index (χ0v) is 10.4. The van der Waals surface area contributed by atoms with Crippen molar-refractivity contribution in [3.8, 4) is 11.3 Å². The van der Waals surface area contributed by atoms with Gasteiger partial charge in [-0.25, -0.2) is 4.98 Å². The molecule has 0 aliphatic carbocycles. The lowest BCUT2D eigenvalue weighted by molar-refractivity contribution is 1.29. The molecule has 0 aliphatic heterocycles. The number of benzene rings is 1. The van der Waals surface area contributed by atoms with Crippen LogP contribution >= 0.6 is 27.3 Å². The van der Waals surface area contributed by atoms with Gasteiger partial charge >= 0.3 is 0 Å². The molecule has 1 nitrogen and oxygen atoms in total. The van der Waals surface area contributed by atoms with Gasteiger partial charge in [-0.1, -0.05) is 22.0 Å². The lowest BCUT2D eigenvalue weighted by atomic mass is 10.1. The summed E-state index contributed by atoms with van der Waals surface area (Å²) in [6.45, 7) is 4.12. The fourth-order valence-electron chi connectivity index (χ4n) is 1.30. The number of nitrogens with zero attached hydrogens (tertiary/aromatic N) is 1. The molecule has 0 aliphatic rings. The second kappa shape index (κ2) is 3.83. The molecule has 0 N–H and O–H groups in total. The fraction of sp³-hybridized carbons (Fsp3) is 0.182. The summed E-state index contributed by atoms with van der Waals surface area (Å²) in [6, 6.07) is 6.31. The zero-order valence-electron chi connectivity index (χ0n) is 8.04. The van der Waals surface area contributed by atoms with Crippen molar-refractivity contribution in [2.75, 3.05) is 0 Å². The van der Waals surface area contributed by atoms with Gasteiger partial charge in [0, 0.05) is 15.4 Å². The van der Waals surface area contributed by atoms with Crippen LogP contribution in [0.15, 0.2) is 28.1 Å². The van der Waals surface area contributed by atoms with Crippen LogP contribution in [0.4, 0.5) is 0 Å². The van der Waals surface area contributed by atoms with Crippen molar-refractivity contribution in [1.29, 1.82) is 0 Å². The second-order valence-electron chi connectivity index (χ2n) is 3.22. The van der Waals surface area contributed by atoms with E-state index in [-0.39, 0.29) is 0 Å². The highest BCUT2D eigenvalue weighted by molar-refractivity contribution is 9.10. The van der Waals surface area contributed by atoms with Crippen LogP contribution in [0.5, 0.6) is 0 Å². The van der Waals surface area contributed by atoms with Gasteiger partial charge in [0.05, 0.1) is 10.7 Å². The lowest BCUT2D eigenvalue weighted by Gasteiger charge is -2.00. The van der Waals surface area contributed by atoms with E-state index < -0.39 is 0 Å². The Morgan fingerprint density at radius 2 is 2.07 bits per heavy atom. The standard InChI is InChI=1S/C11H10BrNS/c1-7-5-9(3-4-10(7)12)11-6-14-8(2)13-11/h3-6H,1-2H3. The van der Waals surface area contributed by atoms with E-state index in [1.165, 1.54) is 11.1 Å². The first-order valence-corrected chi connectivity index (χ1v) is 6.03. The molecule has 0 unspecified atom stereocenters. The minimum absolute atomic E-state index is 1.07. The molecule has 0 fully saturated rings. The molecule has 0 spiro atoms. The third-order valence-electron chi connectivity index (χ3n) is 2.07. The monoisotopic (exact) mass is 267 g/mol. The number of thiazole rings is 1. The summed E-state index contributed by atoms with van der Waals surface area (Å²) in [6.07, 6.45) is 0. The summed E-state index contributed by atoms with van der Waals surface area (Å²) in [7, 11) is 0. The molecule has 0 bridgehead atoms. The quantitative estimate of drug-likeness (QED) is 0.755. The molecule has 72 valence electrons. The third-order valence-corrected chi connectivity index (χ3v) is 3.74. The smallest absolute Gasteiger partial charge is 0.0901 e. The molecular weight excluding hydrogens is 258 g/mol. The Hall–Kier alpha value is -0.670. The van der Waals surface area contributed by atoms with E-state index in [0.717, 1.165) is 15.2 Å². The normalized spacial score (nSPS) is 10.5. The molecule has 3 heteroatoms. The minimum Gasteiger partial charge on any atom is -0.242 e. The number of hydrogen-bond donors (Lipinski definition) is 0. The largest absolute Gasteiger partial charge is 0.242 e. The highest BCUT2D eigenvalue weighted by Gasteiger charge is 2.03. The van der Waals surface area contributed by atoms with Gasteiger partial charge < -0.3 is 0 Å². The van der Waals surface area contributed by atoms with Crippen molar-refractivity contribution in [3.05, 3.63) is 38.6 Å². The number of hydrogen-bond acceptors (Lipinski definition) is 2. The van der Waals surface area contributed by atoms with E-state index in [2.05, 4.69) is 51.4 Å². The summed E-state index contributed by atoms with van der Waals surface area (Å²) < 4.78 is 1.15.